The first-order chi connectivity index (χ1) is 9.19. The first kappa shape index (κ1) is 13.4. The molecule has 1 atom stereocenters. The van der Waals surface area contributed by atoms with Gasteiger partial charge in [0.25, 0.3) is 5.91 Å². The highest BCUT2D eigenvalue weighted by Crippen LogP contribution is 2.20. The summed E-state index contributed by atoms with van der Waals surface area (Å²) in [5.74, 6) is 0.639. The average Bonchev–Trinajstić information content (AvgIpc) is 2.44. The molecule has 2 aromatic rings. The molecule has 1 amide bonds. The van der Waals surface area contributed by atoms with Crippen molar-refractivity contribution in [1.29, 1.82) is 0 Å². The number of hydrogen-bond acceptors (Lipinski definition) is 2. The summed E-state index contributed by atoms with van der Waals surface area (Å²) in [6.07, 6.45) is 0.918. The lowest BCUT2D eigenvalue weighted by Gasteiger charge is -2.12. The van der Waals surface area contributed by atoms with Crippen LogP contribution in [0.25, 0.3) is 10.8 Å². The Morgan fingerprint density at radius 1 is 1.21 bits per heavy atom. The standard InChI is InChI=1S/C16H19NO2/c1-3-12(2)17-16(18)11-19-15-9-8-13-6-4-5-7-14(13)10-15/h4-10,12H,3,11H2,1-2H3,(H,17,18)/t12-/m0/s1. The van der Waals surface area contributed by atoms with E-state index in [4.69, 9.17) is 4.74 Å². The Morgan fingerprint density at radius 2 is 1.95 bits per heavy atom. The molecule has 3 nitrogen and oxygen atoms in total. The van der Waals surface area contributed by atoms with Gasteiger partial charge in [0.05, 0.1) is 0 Å². The minimum absolute atomic E-state index is 0.0582. The molecule has 1 N–H and O–H groups in total. The maximum atomic E-state index is 11.6. The Kier molecular flexibility index (Phi) is 4.39. The molecule has 0 aromatic heterocycles. The minimum Gasteiger partial charge on any atom is -0.484 e. The lowest BCUT2D eigenvalue weighted by Crippen LogP contribution is -2.35. The van der Waals surface area contributed by atoms with Gasteiger partial charge in [0.15, 0.2) is 6.61 Å². The maximum absolute atomic E-state index is 11.6. The Bertz CT molecular complexity index is 565. The van der Waals surface area contributed by atoms with Crippen LogP contribution in [0.1, 0.15) is 20.3 Å². The molecule has 0 aliphatic heterocycles. The zero-order valence-electron chi connectivity index (χ0n) is 11.3. The van der Waals surface area contributed by atoms with Gasteiger partial charge in [-0.3, -0.25) is 4.79 Å². The van der Waals surface area contributed by atoms with Crippen molar-refractivity contribution in [3.8, 4) is 5.75 Å². The van der Waals surface area contributed by atoms with Crippen LogP contribution < -0.4 is 10.1 Å². The zero-order chi connectivity index (χ0) is 13.7. The van der Waals surface area contributed by atoms with Gasteiger partial charge in [0.1, 0.15) is 5.75 Å². The Labute approximate surface area is 113 Å². The molecule has 0 saturated carbocycles. The molecule has 0 fully saturated rings. The highest BCUT2D eigenvalue weighted by molar-refractivity contribution is 5.84. The van der Waals surface area contributed by atoms with Crippen molar-refractivity contribution >= 4 is 16.7 Å². The SMILES string of the molecule is CC[C@H](C)NC(=O)COc1ccc2ccccc2c1. The summed E-state index contributed by atoms with van der Waals surface area (Å²) >= 11 is 0. The van der Waals surface area contributed by atoms with Gasteiger partial charge in [-0.05, 0) is 36.2 Å². The number of fused-ring (bicyclic) bond motifs is 1. The van der Waals surface area contributed by atoms with E-state index in [2.05, 4.69) is 11.4 Å². The molecule has 0 aliphatic rings. The zero-order valence-corrected chi connectivity index (χ0v) is 11.3. The van der Waals surface area contributed by atoms with Crippen molar-refractivity contribution in [2.45, 2.75) is 26.3 Å². The first-order valence-electron chi connectivity index (χ1n) is 6.60. The van der Waals surface area contributed by atoms with E-state index in [0.717, 1.165) is 17.6 Å². The highest BCUT2D eigenvalue weighted by Gasteiger charge is 2.06. The van der Waals surface area contributed by atoms with Crippen LogP contribution in [-0.2, 0) is 4.79 Å². The van der Waals surface area contributed by atoms with Crippen LogP contribution in [-0.4, -0.2) is 18.6 Å². The number of nitrogens with one attached hydrogen (secondary N) is 1. The second-order valence-corrected chi connectivity index (χ2v) is 4.67. The van der Waals surface area contributed by atoms with E-state index in [1.165, 1.54) is 5.39 Å². The van der Waals surface area contributed by atoms with Crippen LogP contribution in [0.2, 0.25) is 0 Å². The Balaban J connectivity index is 1.96. The maximum Gasteiger partial charge on any atom is 0.258 e. The molecule has 2 rings (SSSR count). The molecule has 0 saturated heterocycles. The number of hydrogen-bond donors (Lipinski definition) is 1. The topological polar surface area (TPSA) is 38.3 Å². The van der Waals surface area contributed by atoms with Crippen molar-refractivity contribution in [2.24, 2.45) is 0 Å². The summed E-state index contributed by atoms with van der Waals surface area (Å²) < 4.78 is 5.51. The normalized spacial score (nSPS) is 12.1. The number of rotatable bonds is 5. The van der Waals surface area contributed by atoms with E-state index in [1.54, 1.807) is 0 Å². The molecule has 0 radical (unpaired) electrons. The minimum atomic E-state index is -0.0810. The van der Waals surface area contributed by atoms with Crippen LogP contribution in [0.4, 0.5) is 0 Å². The van der Waals surface area contributed by atoms with Crippen LogP contribution in [0.3, 0.4) is 0 Å². The van der Waals surface area contributed by atoms with E-state index >= 15 is 0 Å². The molecule has 0 aliphatic carbocycles. The molecule has 2 aromatic carbocycles. The third kappa shape index (κ3) is 3.71. The van der Waals surface area contributed by atoms with Gasteiger partial charge in [-0.25, -0.2) is 0 Å². The van der Waals surface area contributed by atoms with E-state index in [1.807, 2.05) is 50.2 Å². The van der Waals surface area contributed by atoms with Crippen molar-refractivity contribution in [2.75, 3.05) is 6.61 Å². The van der Waals surface area contributed by atoms with Crippen molar-refractivity contribution in [1.82, 2.24) is 5.32 Å². The van der Waals surface area contributed by atoms with Gasteiger partial charge < -0.3 is 10.1 Å². The van der Waals surface area contributed by atoms with Crippen molar-refractivity contribution < 1.29 is 9.53 Å². The first-order valence-corrected chi connectivity index (χ1v) is 6.60. The predicted molar refractivity (Wildman–Crippen MR) is 77.3 cm³/mol. The molecule has 0 bridgehead atoms. The Hall–Kier alpha value is -2.03. The molecule has 0 heterocycles. The average molecular weight is 257 g/mol. The molecule has 100 valence electrons. The van der Waals surface area contributed by atoms with Crippen LogP contribution in [0.5, 0.6) is 5.75 Å². The number of ether oxygens (including phenoxy) is 1. The number of carbonyl (C=O) groups is 1. The van der Waals surface area contributed by atoms with Gasteiger partial charge in [0, 0.05) is 6.04 Å². The smallest absolute Gasteiger partial charge is 0.258 e. The second kappa shape index (κ2) is 6.23. The van der Waals surface area contributed by atoms with E-state index in [0.29, 0.717) is 0 Å². The molecular weight excluding hydrogens is 238 g/mol. The van der Waals surface area contributed by atoms with Crippen LogP contribution in [0.15, 0.2) is 42.5 Å². The van der Waals surface area contributed by atoms with E-state index in [9.17, 15) is 4.79 Å². The van der Waals surface area contributed by atoms with Crippen molar-refractivity contribution in [3.63, 3.8) is 0 Å². The summed E-state index contributed by atoms with van der Waals surface area (Å²) in [7, 11) is 0. The van der Waals surface area contributed by atoms with Gasteiger partial charge in [-0.1, -0.05) is 37.3 Å². The summed E-state index contributed by atoms with van der Waals surface area (Å²) in [5, 5.41) is 5.15. The third-order valence-corrected chi connectivity index (χ3v) is 3.11. The van der Waals surface area contributed by atoms with Crippen molar-refractivity contribution in [3.05, 3.63) is 42.5 Å². The monoisotopic (exact) mass is 257 g/mol. The second-order valence-electron chi connectivity index (χ2n) is 4.67. The van der Waals surface area contributed by atoms with E-state index in [-0.39, 0.29) is 18.6 Å². The van der Waals surface area contributed by atoms with Crippen LogP contribution in [0, 0.1) is 0 Å². The fourth-order valence-corrected chi connectivity index (χ4v) is 1.82. The Morgan fingerprint density at radius 3 is 2.68 bits per heavy atom. The lowest BCUT2D eigenvalue weighted by atomic mass is 10.1. The fourth-order valence-electron chi connectivity index (χ4n) is 1.82. The summed E-state index contributed by atoms with van der Waals surface area (Å²) in [5.41, 5.74) is 0. The predicted octanol–water partition coefficient (Wildman–Crippen LogP) is 3.13. The summed E-state index contributed by atoms with van der Waals surface area (Å²) in [6.45, 7) is 4.08. The fraction of sp³-hybridized carbons (Fsp3) is 0.312. The summed E-state index contributed by atoms with van der Waals surface area (Å²) in [4.78, 5) is 11.6. The molecule has 0 spiro atoms. The van der Waals surface area contributed by atoms with E-state index < -0.39 is 0 Å². The number of benzene rings is 2. The summed E-state index contributed by atoms with van der Waals surface area (Å²) in [6, 6.07) is 14.1. The molecule has 19 heavy (non-hydrogen) atoms. The highest BCUT2D eigenvalue weighted by atomic mass is 16.5. The lowest BCUT2D eigenvalue weighted by molar-refractivity contribution is -0.123. The molecular formula is C16H19NO2. The molecule has 0 unspecified atom stereocenters. The van der Waals surface area contributed by atoms with Crippen LogP contribution >= 0.6 is 0 Å². The van der Waals surface area contributed by atoms with Gasteiger partial charge in [-0.2, -0.15) is 0 Å². The number of carbonyl (C=O) groups excluding carboxylic acids is 1. The molecule has 3 heteroatoms. The van der Waals surface area contributed by atoms with Gasteiger partial charge in [-0.15, -0.1) is 0 Å². The largest absolute Gasteiger partial charge is 0.484 e. The van der Waals surface area contributed by atoms with Gasteiger partial charge in [0.2, 0.25) is 0 Å². The third-order valence-electron chi connectivity index (χ3n) is 3.11. The number of amides is 1. The quantitative estimate of drug-likeness (QED) is 0.893. The van der Waals surface area contributed by atoms with Gasteiger partial charge >= 0.3 is 0 Å².